The van der Waals surface area contributed by atoms with Crippen LogP contribution in [-0.4, -0.2) is 60.4 Å². The number of carbonyl (C=O) groups is 2. The largest absolute Gasteiger partial charge is 0.444 e. The maximum Gasteiger partial charge on any atom is 0.411 e. The molecule has 152 valence electrons. The normalized spacial score (nSPS) is 18.7. The number of likely N-dealkylation sites (tertiary alicyclic amines) is 1. The number of hydrogen-bond donors (Lipinski definition) is 0. The van der Waals surface area contributed by atoms with E-state index >= 15 is 0 Å². The van der Waals surface area contributed by atoms with Gasteiger partial charge in [0.2, 0.25) is 5.91 Å². The molecular weight excluding hydrogens is 372 g/mol. The highest BCUT2D eigenvalue weighted by Gasteiger charge is 2.44. The van der Waals surface area contributed by atoms with Crippen molar-refractivity contribution in [3.8, 4) is 11.5 Å². The summed E-state index contributed by atoms with van der Waals surface area (Å²) in [4.78, 5) is 46.6. The summed E-state index contributed by atoms with van der Waals surface area (Å²) < 4.78 is 5.56. The molecule has 0 aliphatic carbocycles. The van der Waals surface area contributed by atoms with Crippen molar-refractivity contribution in [1.82, 2.24) is 29.7 Å². The maximum atomic E-state index is 13.2. The van der Waals surface area contributed by atoms with Crippen molar-refractivity contribution in [1.29, 1.82) is 0 Å². The molecule has 2 aliphatic heterocycles. The van der Waals surface area contributed by atoms with Gasteiger partial charge in [-0.15, -0.1) is 0 Å². The molecule has 0 saturated carbocycles. The van der Waals surface area contributed by atoms with Gasteiger partial charge in [0.05, 0.1) is 18.4 Å². The van der Waals surface area contributed by atoms with Crippen LogP contribution >= 0.6 is 0 Å². The van der Waals surface area contributed by atoms with Crippen molar-refractivity contribution in [3.63, 3.8) is 0 Å². The van der Waals surface area contributed by atoms with Crippen LogP contribution in [-0.2, 0) is 16.1 Å². The molecule has 1 fully saturated rings. The van der Waals surface area contributed by atoms with Gasteiger partial charge >= 0.3 is 6.09 Å². The van der Waals surface area contributed by atoms with E-state index in [1.54, 1.807) is 50.5 Å². The molecule has 0 unspecified atom stereocenters. The van der Waals surface area contributed by atoms with Gasteiger partial charge in [-0.1, -0.05) is 0 Å². The first-order valence-corrected chi connectivity index (χ1v) is 9.74. The lowest BCUT2D eigenvalue weighted by Gasteiger charge is -2.30. The van der Waals surface area contributed by atoms with Crippen LogP contribution < -0.4 is 0 Å². The molecule has 2 amide bonds. The average Bonchev–Trinajstić information content (AvgIpc) is 3.34. The highest BCUT2D eigenvalue weighted by Crippen LogP contribution is 2.36. The van der Waals surface area contributed by atoms with Crippen LogP contribution in [0.2, 0.25) is 0 Å². The number of fused-ring (bicyclic) bond motifs is 1. The van der Waals surface area contributed by atoms with E-state index in [-0.39, 0.29) is 12.5 Å². The molecule has 0 radical (unpaired) electrons. The van der Waals surface area contributed by atoms with E-state index in [0.717, 1.165) is 12.8 Å². The number of amides is 2. The first-order valence-electron chi connectivity index (χ1n) is 9.74. The quantitative estimate of drug-likeness (QED) is 0.768. The summed E-state index contributed by atoms with van der Waals surface area (Å²) in [5, 5.41) is 0. The minimum absolute atomic E-state index is 0.108. The Morgan fingerprint density at radius 2 is 1.86 bits per heavy atom. The summed E-state index contributed by atoms with van der Waals surface area (Å²) in [5.41, 5.74) is 1.14. The van der Waals surface area contributed by atoms with Crippen molar-refractivity contribution >= 4 is 12.0 Å². The van der Waals surface area contributed by atoms with E-state index in [0.29, 0.717) is 35.9 Å². The molecule has 2 aromatic heterocycles. The predicted octanol–water partition coefficient (Wildman–Crippen LogP) is 2.35. The van der Waals surface area contributed by atoms with Crippen molar-refractivity contribution in [3.05, 3.63) is 36.0 Å². The fraction of sp³-hybridized carbons (Fsp3) is 0.500. The molecule has 1 atom stereocenters. The van der Waals surface area contributed by atoms with E-state index in [1.807, 2.05) is 0 Å². The molecular formula is C20H24N6O3. The van der Waals surface area contributed by atoms with Crippen LogP contribution in [0, 0.1) is 0 Å². The summed E-state index contributed by atoms with van der Waals surface area (Å²) in [5.74, 6) is 0.304. The van der Waals surface area contributed by atoms with Crippen LogP contribution in [0.5, 0.6) is 0 Å². The topological polar surface area (TPSA) is 101 Å². The molecule has 29 heavy (non-hydrogen) atoms. The number of rotatable bonds is 2. The summed E-state index contributed by atoms with van der Waals surface area (Å²) in [6.07, 6.45) is 7.75. The fourth-order valence-corrected chi connectivity index (χ4v) is 3.61. The minimum Gasteiger partial charge on any atom is -0.444 e. The lowest BCUT2D eigenvalue weighted by atomic mass is 10.1. The molecule has 2 aliphatic rings. The molecule has 4 rings (SSSR count). The Morgan fingerprint density at radius 3 is 2.52 bits per heavy atom. The third kappa shape index (κ3) is 3.90. The lowest BCUT2D eigenvalue weighted by molar-refractivity contribution is -0.135. The highest BCUT2D eigenvalue weighted by molar-refractivity contribution is 5.88. The molecule has 0 spiro atoms. The molecule has 9 heteroatoms. The Kier molecular flexibility index (Phi) is 4.89. The third-order valence-corrected chi connectivity index (χ3v) is 4.90. The van der Waals surface area contributed by atoms with Gasteiger partial charge in [0.15, 0.2) is 5.82 Å². The van der Waals surface area contributed by atoms with E-state index in [1.165, 1.54) is 4.90 Å². The van der Waals surface area contributed by atoms with Gasteiger partial charge in [0.25, 0.3) is 0 Å². The Hall–Kier alpha value is -3.10. The van der Waals surface area contributed by atoms with E-state index in [4.69, 9.17) is 4.74 Å². The SMILES string of the molecule is CC(C)(C)OC(=O)N1Cc2nc(-c3cnccn3)ncc2[C@H]1C(=O)N1CCCC1. The second-order valence-electron chi connectivity index (χ2n) is 8.23. The van der Waals surface area contributed by atoms with Crippen LogP contribution in [0.3, 0.4) is 0 Å². The van der Waals surface area contributed by atoms with Crippen molar-refractivity contribution in [2.24, 2.45) is 0 Å². The van der Waals surface area contributed by atoms with E-state index in [9.17, 15) is 9.59 Å². The number of ether oxygens (including phenoxy) is 1. The molecule has 2 aromatic rings. The monoisotopic (exact) mass is 396 g/mol. The maximum absolute atomic E-state index is 13.2. The standard InChI is InChI=1S/C20H24N6O3/c1-20(2,3)29-19(28)26-12-15-13(16(26)18(27)25-8-4-5-9-25)10-23-17(24-15)14-11-21-6-7-22-14/h6-7,10-11,16H,4-5,8-9,12H2,1-3H3/t16-/m0/s1. The van der Waals surface area contributed by atoms with Gasteiger partial charge in [0, 0.05) is 37.2 Å². The zero-order valence-electron chi connectivity index (χ0n) is 16.8. The Bertz CT molecular complexity index is 922. The van der Waals surface area contributed by atoms with Gasteiger partial charge in [-0.25, -0.2) is 19.7 Å². The van der Waals surface area contributed by atoms with Crippen LogP contribution in [0.25, 0.3) is 11.5 Å². The Labute approximate surface area is 169 Å². The highest BCUT2D eigenvalue weighted by atomic mass is 16.6. The lowest BCUT2D eigenvalue weighted by Crippen LogP contribution is -2.43. The van der Waals surface area contributed by atoms with Crippen molar-refractivity contribution in [2.45, 2.75) is 51.8 Å². The second-order valence-corrected chi connectivity index (χ2v) is 8.23. The van der Waals surface area contributed by atoms with E-state index < -0.39 is 17.7 Å². The first kappa shape index (κ1) is 19.2. The predicted molar refractivity (Wildman–Crippen MR) is 103 cm³/mol. The van der Waals surface area contributed by atoms with Crippen LogP contribution in [0.1, 0.15) is 50.9 Å². The van der Waals surface area contributed by atoms with Crippen LogP contribution in [0.4, 0.5) is 4.79 Å². The van der Waals surface area contributed by atoms with Crippen molar-refractivity contribution in [2.75, 3.05) is 13.1 Å². The molecule has 0 bridgehead atoms. The summed E-state index contributed by atoms with van der Waals surface area (Å²) in [6.45, 7) is 6.99. The first-order chi connectivity index (χ1) is 13.8. The van der Waals surface area contributed by atoms with Gasteiger partial charge in [-0.05, 0) is 33.6 Å². The van der Waals surface area contributed by atoms with Crippen LogP contribution in [0.15, 0.2) is 24.8 Å². The van der Waals surface area contributed by atoms with Gasteiger partial charge in [0.1, 0.15) is 17.3 Å². The van der Waals surface area contributed by atoms with Gasteiger partial charge in [-0.3, -0.25) is 14.7 Å². The summed E-state index contributed by atoms with van der Waals surface area (Å²) in [7, 11) is 0. The molecule has 9 nitrogen and oxygen atoms in total. The Morgan fingerprint density at radius 1 is 1.10 bits per heavy atom. The van der Waals surface area contributed by atoms with Gasteiger partial charge in [-0.2, -0.15) is 0 Å². The molecule has 0 aromatic carbocycles. The summed E-state index contributed by atoms with van der Waals surface area (Å²) in [6, 6.07) is -0.770. The van der Waals surface area contributed by atoms with E-state index in [2.05, 4.69) is 19.9 Å². The molecule has 4 heterocycles. The zero-order chi connectivity index (χ0) is 20.6. The number of carbonyl (C=O) groups excluding carboxylic acids is 2. The smallest absolute Gasteiger partial charge is 0.411 e. The number of nitrogens with zero attached hydrogens (tertiary/aromatic N) is 6. The Balaban J connectivity index is 1.69. The molecule has 0 N–H and O–H groups in total. The third-order valence-electron chi connectivity index (χ3n) is 4.90. The number of aromatic nitrogens is 4. The second kappa shape index (κ2) is 7.38. The molecule has 1 saturated heterocycles. The number of hydrogen-bond acceptors (Lipinski definition) is 7. The zero-order valence-corrected chi connectivity index (χ0v) is 16.8. The van der Waals surface area contributed by atoms with Crippen molar-refractivity contribution < 1.29 is 14.3 Å². The summed E-state index contributed by atoms with van der Waals surface area (Å²) >= 11 is 0. The minimum atomic E-state index is -0.770. The van der Waals surface area contributed by atoms with Gasteiger partial charge < -0.3 is 9.64 Å². The average molecular weight is 396 g/mol. The fourth-order valence-electron chi connectivity index (χ4n) is 3.61.